The number of nitrogens with zero attached hydrogens (tertiary/aromatic N) is 4. The van der Waals surface area contributed by atoms with Crippen molar-refractivity contribution in [2.75, 3.05) is 26.2 Å². The Labute approximate surface area is 158 Å². The summed E-state index contributed by atoms with van der Waals surface area (Å²) in [5.41, 5.74) is 0. The molecule has 3 rings (SSSR count). The van der Waals surface area contributed by atoms with Gasteiger partial charge in [0.15, 0.2) is 12.4 Å². The van der Waals surface area contributed by atoms with Gasteiger partial charge in [0.05, 0.1) is 6.54 Å². The minimum absolute atomic E-state index is 0.00527. The minimum Gasteiger partial charge on any atom is -0.484 e. The van der Waals surface area contributed by atoms with Crippen LogP contribution in [0.5, 0.6) is 5.75 Å². The van der Waals surface area contributed by atoms with Gasteiger partial charge in [-0.15, -0.1) is 0 Å². The first-order valence-corrected chi connectivity index (χ1v) is 9.13. The maximum absolute atomic E-state index is 12.7. The lowest BCUT2D eigenvalue weighted by Crippen LogP contribution is -2.41. The van der Waals surface area contributed by atoms with Gasteiger partial charge in [0.25, 0.3) is 11.8 Å². The third kappa shape index (κ3) is 4.64. The summed E-state index contributed by atoms with van der Waals surface area (Å²) < 4.78 is 10.9. The highest BCUT2D eigenvalue weighted by molar-refractivity contribution is 5.79. The fraction of sp³-hybridized carbons (Fsp3) is 0.474. The number of para-hydroxylation sites is 1. The molecule has 8 nitrogen and oxygen atoms in total. The van der Waals surface area contributed by atoms with Gasteiger partial charge < -0.3 is 19.1 Å². The van der Waals surface area contributed by atoms with E-state index < -0.39 is 6.04 Å². The van der Waals surface area contributed by atoms with Gasteiger partial charge in [0.1, 0.15) is 11.8 Å². The van der Waals surface area contributed by atoms with E-state index in [9.17, 15) is 9.59 Å². The molecule has 1 aromatic heterocycles. The zero-order valence-corrected chi connectivity index (χ0v) is 15.6. The van der Waals surface area contributed by atoms with Crippen molar-refractivity contribution in [2.45, 2.75) is 32.7 Å². The van der Waals surface area contributed by atoms with Gasteiger partial charge >= 0.3 is 0 Å². The molecular weight excluding hydrogens is 348 g/mol. The van der Waals surface area contributed by atoms with E-state index in [1.807, 2.05) is 25.1 Å². The van der Waals surface area contributed by atoms with Crippen LogP contribution in [0.3, 0.4) is 0 Å². The van der Waals surface area contributed by atoms with E-state index in [4.69, 9.17) is 9.26 Å². The first-order valence-electron chi connectivity index (χ1n) is 9.13. The predicted molar refractivity (Wildman–Crippen MR) is 96.9 cm³/mol. The highest BCUT2D eigenvalue weighted by atomic mass is 16.5. The van der Waals surface area contributed by atoms with Crippen molar-refractivity contribution in [3.63, 3.8) is 0 Å². The highest BCUT2D eigenvalue weighted by Crippen LogP contribution is 2.25. The molecule has 27 heavy (non-hydrogen) atoms. The predicted octanol–water partition coefficient (Wildman–Crippen LogP) is 1.97. The zero-order chi connectivity index (χ0) is 19.2. The molecule has 1 fully saturated rings. The maximum atomic E-state index is 12.7. The van der Waals surface area contributed by atoms with Crippen LogP contribution in [-0.2, 0) is 9.59 Å². The number of carbonyl (C=O) groups excluding carboxylic acids is 2. The number of hydrogen-bond acceptors (Lipinski definition) is 6. The van der Waals surface area contributed by atoms with Gasteiger partial charge in [0.2, 0.25) is 5.91 Å². The summed E-state index contributed by atoms with van der Waals surface area (Å²) in [7, 11) is 0. The average Bonchev–Trinajstić information content (AvgIpc) is 3.00. The van der Waals surface area contributed by atoms with Crippen LogP contribution in [0.4, 0.5) is 0 Å². The fourth-order valence-electron chi connectivity index (χ4n) is 3.13. The number of rotatable bonds is 5. The van der Waals surface area contributed by atoms with E-state index in [2.05, 4.69) is 10.1 Å². The summed E-state index contributed by atoms with van der Waals surface area (Å²) >= 11 is 0. The molecule has 0 N–H and O–H groups in total. The smallest absolute Gasteiger partial charge is 0.260 e. The first-order chi connectivity index (χ1) is 13.1. The second-order valence-corrected chi connectivity index (χ2v) is 6.43. The molecule has 1 aliphatic heterocycles. The Morgan fingerprint density at radius 3 is 2.67 bits per heavy atom. The van der Waals surface area contributed by atoms with Gasteiger partial charge in [-0.2, -0.15) is 4.98 Å². The molecule has 144 valence electrons. The molecular formula is C19H24N4O4. The molecule has 0 radical (unpaired) electrons. The maximum Gasteiger partial charge on any atom is 0.260 e. The molecule has 2 aromatic rings. The zero-order valence-electron chi connectivity index (χ0n) is 15.6. The van der Waals surface area contributed by atoms with Crippen LogP contribution in [-0.4, -0.2) is 58.0 Å². The number of hydrogen-bond donors (Lipinski definition) is 0. The van der Waals surface area contributed by atoms with Gasteiger partial charge in [-0.3, -0.25) is 9.59 Å². The quantitative estimate of drug-likeness (QED) is 0.797. The molecule has 8 heteroatoms. The van der Waals surface area contributed by atoms with Gasteiger partial charge in [-0.1, -0.05) is 30.3 Å². The summed E-state index contributed by atoms with van der Waals surface area (Å²) in [6.07, 6.45) is 1.07. The van der Waals surface area contributed by atoms with Crippen molar-refractivity contribution in [3.8, 4) is 5.75 Å². The molecule has 1 aromatic carbocycles. The van der Waals surface area contributed by atoms with Crippen molar-refractivity contribution in [1.29, 1.82) is 0 Å². The van der Waals surface area contributed by atoms with Crippen LogP contribution in [0.1, 0.15) is 37.5 Å². The normalized spacial score (nSPS) is 17.5. The van der Waals surface area contributed by atoms with Crippen molar-refractivity contribution in [3.05, 3.63) is 42.0 Å². The number of ether oxygens (including phenoxy) is 1. The molecule has 0 aliphatic carbocycles. The highest BCUT2D eigenvalue weighted by Gasteiger charge is 2.34. The number of aromatic nitrogens is 2. The lowest BCUT2D eigenvalue weighted by Gasteiger charge is -2.29. The van der Waals surface area contributed by atoms with E-state index in [-0.39, 0.29) is 18.4 Å². The summed E-state index contributed by atoms with van der Waals surface area (Å²) in [6.45, 7) is 4.90. The first kappa shape index (κ1) is 18.9. The van der Waals surface area contributed by atoms with Crippen molar-refractivity contribution >= 4 is 11.8 Å². The molecule has 0 bridgehead atoms. The summed E-state index contributed by atoms with van der Waals surface area (Å²) in [6, 6.07) is 8.77. The van der Waals surface area contributed by atoms with Crippen molar-refractivity contribution in [2.24, 2.45) is 0 Å². The Kier molecular flexibility index (Phi) is 6.05. The second-order valence-electron chi connectivity index (χ2n) is 6.43. The fourth-order valence-corrected chi connectivity index (χ4v) is 3.13. The summed E-state index contributed by atoms with van der Waals surface area (Å²) in [5, 5.41) is 3.84. The van der Waals surface area contributed by atoms with E-state index in [0.717, 1.165) is 0 Å². The Balaban J connectivity index is 1.73. The third-order valence-corrected chi connectivity index (χ3v) is 4.51. The molecule has 1 atom stereocenters. The van der Waals surface area contributed by atoms with Crippen molar-refractivity contribution in [1.82, 2.24) is 19.9 Å². The Bertz CT molecular complexity index is 777. The lowest BCUT2D eigenvalue weighted by molar-refractivity contribution is -0.137. The van der Waals surface area contributed by atoms with Crippen molar-refractivity contribution < 1.29 is 18.8 Å². The monoisotopic (exact) mass is 372 g/mol. The molecule has 1 saturated heterocycles. The number of benzene rings is 1. The molecule has 1 unspecified atom stereocenters. The van der Waals surface area contributed by atoms with Crippen LogP contribution in [0.15, 0.2) is 34.9 Å². The van der Waals surface area contributed by atoms with Crippen LogP contribution in [0, 0.1) is 6.92 Å². The van der Waals surface area contributed by atoms with E-state index in [1.54, 1.807) is 28.9 Å². The van der Waals surface area contributed by atoms with Gasteiger partial charge in [-0.05, 0) is 25.5 Å². The van der Waals surface area contributed by atoms with Crippen LogP contribution < -0.4 is 4.74 Å². The molecule has 0 spiro atoms. The average molecular weight is 372 g/mol. The molecule has 2 heterocycles. The number of aryl methyl sites for hydroxylation is 1. The van der Waals surface area contributed by atoms with Gasteiger partial charge in [0, 0.05) is 19.5 Å². The topological polar surface area (TPSA) is 88.8 Å². The van der Waals surface area contributed by atoms with Crippen LogP contribution >= 0.6 is 0 Å². The lowest BCUT2D eigenvalue weighted by atomic mass is 10.2. The van der Waals surface area contributed by atoms with E-state index in [0.29, 0.717) is 49.9 Å². The molecule has 1 aliphatic rings. The Morgan fingerprint density at radius 1 is 1.22 bits per heavy atom. The Morgan fingerprint density at radius 2 is 2.00 bits per heavy atom. The number of carbonyl (C=O) groups is 2. The molecule has 0 saturated carbocycles. The van der Waals surface area contributed by atoms with E-state index in [1.165, 1.54) is 0 Å². The summed E-state index contributed by atoms with van der Waals surface area (Å²) in [4.78, 5) is 32.8. The second kappa shape index (κ2) is 8.66. The van der Waals surface area contributed by atoms with Crippen LogP contribution in [0.25, 0.3) is 0 Å². The van der Waals surface area contributed by atoms with Crippen LogP contribution in [0.2, 0.25) is 0 Å². The SMILES string of the molecule is CCC(=O)N1CCCN(C(=O)COc2ccccc2)CC1c1nc(C)no1. The standard InChI is InChI=1S/C19H24N4O4/c1-3-17(24)23-11-7-10-22(12-16(23)19-20-14(2)21-27-19)18(25)13-26-15-8-5-4-6-9-15/h4-6,8-9,16H,3,7,10-13H2,1-2H3. The number of amides is 2. The minimum atomic E-state index is -0.443. The molecule has 2 amide bonds. The van der Waals surface area contributed by atoms with E-state index >= 15 is 0 Å². The van der Waals surface area contributed by atoms with Gasteiger partial charge in [-0.25, -0.2) is 0 Å². The Hall–Kier alpha value is -2.90. The largest absolute Gasteiger partial charge is 0.484 e. The third-order valence-electron chi connectivity index (χ3n) is 4.51. The summed E-state index contributed by atoms with van der Waals surface area (Å²) in [5.74, 6) is 1.38.